The molecule has 0 radical (unpaired) electrons. The lowest BCUT2D eigenvalue weighted by Gasteiger charge is -2.08. The van der Waals surface area contributed by atoms with E-state index >= 15 is 0 Å². The maximum atomic E-state index is 9.38. The molecule has 12 heavy (non-hydrogen) atoms. The Kier molecular flexibility index (Phi) is 4.09. The van der Waals surface area contributed by atoms with Gasteiger partial charge in [0.05, 0.1) is 6.10 Å². The van der Waals surface area contributed by atoms with Crippen LogP contribution in [0.15, 0.2) is 23.8 Å². The van der Waals surface area contributed by atoms with E-state index in [1.54, 1.807) is 0 Å². The third-order valence-electron chi connectivity index (χ3n) is 2.32. The van der Waals surface area contributed by atoms with Crippen molar-refractivity contribution < 1.29 is 5.11 Å². The largest absolute Gasteiger partial charge is 0.389 e. The number of hydrogen-bond acceptors (Lipinski definition) is 1. The Bertz CT molecular complexity index is 177. The summed E-state index contributed by atoms with van der Waals surface area (Å²) in [5.41, 5.74) is 1.17. The van der Waals surface area contributed by atoms with E-state index in [1.807, 2.05) is 6.92 Å². The molecule has 0 heterocycles. The number of aliphatic hydroxyl groups excluding tert-OH is 1. The van der Waals surface area contributed by atoms with Gasteiger partial charge in [0.1, 0.15) is 0 Å². The Hall–Kier alpha value is -0.560. The predicted octanol–water partition coefficient (Wildman–Crippen LogP) is 2.81. The molecular weight excluding hydrogens is 148 g/mol. The van der Waals surface area contributed by atoms with E-state index in [4.69, 9.17) is 0 Å². The fourth-order valence-corrected chi connectivity index (χ4v) is 1.49. The first-order valence-electron chi connectivity index (χ1n) is 4.84. The summed E-state index contributed by atoms with van der Waals surface area (Å²) in [6, 6.07) is 0. The maximum absolute atomic E-state index is 9.38. The summed E-state index contributed by atoms with van der Waals surface area (Å²) in [5, 5.41) is 9.38. The van der Waals surface area contributed by atoms with E-state index in [-0.39, 0.29) is 6.10 Å². The van der Waals surface area contributed by atoms with Crippen molar-refractivity contribution in [1.82, 2.24) is 0 Å². The zero-order valence-corrected chi connectivity index (χ0v) is 7.79. The molecule has 1 rings (SSSR count). The molecule has 1 aliphatic rings. The van der Waals surface area contributed by atoms with Crippen LogP contribution in [0.4, 0.5) is 0 Å². The molecule has 0 spiro atoms. The van der Waals surface area contributed by atoms with Crippen molar-refractivity contribution in [2.75, 3.05) is 0 Å². The van der Waals surface area contributed by atoms with Gasteiger partial charge in [-0.2, -0.15) is 0 Å². The second kappa shape index (κ2) is 5.15. The van der Waals surface area contributed by atoms with E-state index < -0.39 is 0 Å². The molecule has 0 aromatic heterocycles. The summed E-state index contributed by atoms with van der Waals surface area (Å²) >= 11 is 0. The summed E-state index contributed by atoms with van der Waals surface area (Å²) in [6.07, 6.45) is 12.1. The summed E-state index contributed by atoms with van der Waals surface area (Å²) in [5.74, 6) is 0. The molecule has 1 heteroatoms. The highest BCUT2D eigenvalue weighted by molar-refractivity contribution is 5.16. The van der Waals surface area contributed by atoms with Crippen LogP contribution in [-0.4, -0.2) is 11.2 Å². The van der Waals surface area contributed by atoms with E-state index in [0.717, 1.165) is 6.42 Å². The number of allylic oxidation sites excluding steroid dienone is 3. The molecule has 0 bridgehead atoms. The van der Waals surface area contributed by atoms with Gasteiger partial charge in [0.15, 0.2) is 0 Å². The summed E-state index contributed by atoms with van der Waals surface area (Å²) in [7, 11) is 0. The van der Waals surface area contributed by atoms with Gasteiger partial charge in [-0.1, -0.05) is 24.6 Å². The second-order valence-corrected chi connectivity index (χ2v) is 3.45. The van der Waals surface area contributed by atoms with Crippen LogP contribution in [0.3, 0.4) is 0 Å². The number of aliphatic hydroxyl groups is 1. The quantitative estimate of drug-likeness (QED) is 0.635. The molecule has 1 atom stereocenters. The van der Waals surface area contributed by atoms with Gasteiger partial charge in [-0.3, -0.25) is 0 Å². The summed E-state index contributed by atoms with van der Waals surface area (Å²) < 4.78 is 0. The fraction of sp³-hybridized carbons (Fsp3) is 0.636. The van der Waals surface area contributed by atoms with Gasteiger partial charge >= 0.3 is 0 Å². The highest BCUT2D eigenvalue weighted by Gasteiger charge is 2.03. The predicted molar refractivity (Wildman–Crippen MR) is 52.0 cm³/mol. The topological polar surface area (TPSA) is 20.2 Å². The third kappa shape index (κ3) is 3.22. The Balaban J connectivity index is 2.55. The van der Waals surface area contributed by atoms with E-state index in [2.05, 4.69) is 18.2 Å². The highest BCUT2D eigenvalue weighted by Crippen LogP contribution is 2.15. The number of hydrogen-bond donors (Lipinski definition) is 1. The van der Waals surface area contributed by atoms with Crippen molar-refractivity contribution in [3.63, 3.8) is 0 Å². The molecule has 0 amide bonds. The molecule has 0 aromatic rings. The molecule has 0 fully saturated rings. The van der Waals surface area contributed by atoms with Crippen LogP contribution in [-0.2, 0) is 0 Å². The molecular formula is C11H18O. The smallest absolute Gasteiger partial charge is 0.0725 e. The third-order valence-corrected chi connectivity index (χ3v) is 2.32. The first-order valence-corrected chi connectivity index (χ1v) is 4.84. The minimum atomic E-state index is -0.271. The van der Waals surface area contributed by atoms with Gasteiger partial charge in [-0.25, -0.2) is 0 Å². The Labute approximate surface area is 74.8 Å². The van der Waals surface area contributed by atoms with Crippen LogP contribution in [0.25, 0.3) is 0 Å². The molecule has 0 saturated heterocycles. The van der Waals surface area contributed by atoms with Crippen LogP contribution >= 0.6 is 0 Å². The van der Waals surface area contributed by atoms with E-state index in [1.165, 1.54) is 31.3 Å². The van der Waals surface area contributed by atoms with Crippen LogP contribution in [0.2, 0.25) is 0 Å². The van der Waals surface area contributed by atoms with Gasteiger partial charge in [0, 0.05) is 0 Å². The maximum Gasteiger partial charge on any atom is 0.0725 e. The van der Waals surface area contributed by atoms with Crippen LogP contribution in [0.5, 0.6) is 0 Å². The van der Waals surface area contributed by atoms with Crippen molar-refractivity contribution in [2.45, 2.75) is 45.1 Å². The molecule has 1 aliphatic carbocycles. The van der Waals surface area contributed by atoms with Crippen LogP contribution < -0.4 is 0 Å². The van der Waals surface area contributed by atoms with E-state index in [9.17, 15) is 5.11 Å². The molecule has 1 nitrogen and oxygen atoms in total. The highest BCUT2D eigenvalue weighted by atomic mass is 16.3. The summed E-state index contributed by atoms with van der Waals surface area (Å²) in [4.78, 5) is 0. The lowest BCUT2D eigenvalue weighted by molar-refractivity contribution is 0.226. The zero-order chi connectivity index (χ0) is 8.81. The van der Waals surface area contributed by atoms with Crippen LogP contribution in [0, 0.1) is 0 Å². The van der Waals surface area contributed by atoms with Crippen molar-refractivity contribution in [2.24, 2.45) is 0 Å². The van der Waals surface area contributed by atoms with E-state index in [0.29, 0.717) is 0 Å². The number of rotatable bonds is 1. The average Bonchev–Trinajstić information content (AvgIpc) is 2.15. The van der Waals surface area contributed by atoms with Crippen molar-refractivity contribution >= 4 is 0 Å². The first-order chi connectivity index (χ1) is 5.80. The average molecular weight is 166 g/mol. The molecule has 1 N–H and O–H groups in total. The summed E-state index contributed by atoms with van der Waals surface area (Å²) in [6.45, 7) is 1.84. The molecule has 68 valence electrons. The van der Waals surface area contributed by atoms with Crippen molar-refractivity contribution in [3.05, 3.63) is 23.8 Å². The SMILES string of the molecule is CC(O)C1=CC=CCCCCC1. The Morgan fingerprint density at radius 3 is 2.92 bits per heavy atom. The minimum absolute atomic E-state index is 0.271. The van der Waals surface area contributed by atoms with Crippen molar-refractivity contribution in [3.8, 4) is 0 Å². The first kappa shape index (κ1) is 9.53. The minimum Gasteiger partial charge on any atom is -0.389 e. The molecule has 1 unspecified atom stereocenters. The second-order valence-electron chi connectivity index (χ2n) is 3.45. The lowest BCUT2D eigenvalue weighted by Crippen LogP contribution is -2.04. The fourth-order valence-electron chi connectivity index (χ4n) is 1.49. The molecule has 0 saturated carbocycles. The van der Waals surface area contributed by atoms with Gasteiger partial charge in [0.25, 0.3) is 0 Å². The normalized spacial score (nSPS) is 22.0. The van der Waals surface area contributed by atoms with Crippen molar-refractivity contribution in [1.29, 1.82) is 0 Å². The lowest BCUT2D eigenvalue weighted by atomic mass is 10.0. The zero-order valence-electron chi connectivity index (χ0n) is 7.79. The Morgan fingerprint density at radius 1 is 1.33 bits per heavy atom. The van der Waals surface area contributed by atoms with Gasteiger partial charge in [0.2, 0.25) is 0 Å². The standard InChI is InChI=1S/C11H18O/c1-10(12)11-8-6-4-2-3-5-7-9-11/h4,6,8,10,12H,2-3,5,7,9H2,1H3. The molecule has 0 aromatic carbocycles. The molecule has 0 aliphatic heterocycles. The van der Waals surface area contributed by atoms with Gasteiger partial charge in [-0.05, 0) is 38.2 Å². The van der Waals surface area contributed by atoms with Crippen LogP contribution in [0.1, 0.15) is 39.0 Å². The Morgan fingerprint density at radius 2 is 2.17 bits per heavy atom. The monoisotopic (exact) mass is 166 g/mol. The van der Waals surface area contributed by atoms with Gasteiger partial charge < -0.3 is 5.11 Å². The van der Waals surface area contributed by atoms with Gasteiger partial charge in [-0.15, -0.1) is 0 Å².